The van der Waals surface area contributed by atoms with Gasteiger partial charge in [0.1, 0.15) is 5.92 Å². The quantitative estimate of drug-likeness (QED) is 0.487. The minimum Gasteiger partial charge on any atom is -0.378 e. The van der Waals surface area contributed by atoms with Crippen molar-refractivity contribution >= 4 is 35.4 Å². The fourth-order valence-electron chi connectivity index (χ4n) is 5.58. The van der Waals surface area contributed by atoms with E-state index in [1.54, 1.807) is 4.90 Å². The highest BCUT2D eigenvalue weighted by Gasteiger charge is 2.44. The van der Waals surface area contributed by atoms with Gasteiger partial charge in [0.05, 0.1) is 35.7 Å². The van der Waals surface area contributed by atoms with E-state index in [-0.39, 0.29) is 53.8 Å². The molecule has 3 aliphatic rings. The summed E-state index contributed by atoms with van der Waals surface area (Å²) in [6, 6.07) is 1.79. The van der Waals surface area contributed by atoms with Crippen LogP contribution in [0.2, 0.25) is 0 Å². The molecule has 3 aliphatic heterocycles. The minimum atomic E-state index is -5.03. The van der Waals surface area contributed by atoms with Gasteiger partial charge in [0, 0.05) is 68.5 Å². The van der Waals surface area contributed by atoms with Crippen LogP contribution in [0.3, 0.4) is 0 Å². The average molecular weight is 640 g/mol. The van der Waals surface area contributed by atoms with E-state index in [0.29, 0.717) is 38.5 Å². The number of carbonyl (C=O) groups is 2. The van der Waals surface area contributed by atoms with E-state index in [0.717, 1.165) is 12.1 Å². The largest absolute Gasteiger partial charge is 0.417 e. The molecule has 2 fully saturated rings. The summed E-state index contributed by atoms with van der Waals surface area (Å²) in [5, 5.41) is 2.42. The van der Waals surface area contributed by atoms with Crippen LogP contribution in [0.25, 0.3) is 11.1 Å². The Morgan fingerprint density at radius 3 is 2.16 bits per heavy atom. The van der Waals surface area contributed by atoms with Crippen molar-refractivity contribution in [3.63, 3.8) is 0 Å². The molecule has 5 rings (SSSR count). The number of likely N-dealkylation sites (N-methyl/N-ethyl adjacent to an activating group) is 1. The lowest BCUT2D eigenvalue weighted by molar-refractivity contribution is -0.137. The number of ether oxygens (including phenoxy) is 1. The first kappa shape index (κ1) is 32.3. The summed E-state index contributed by atoms with van der Waals surface area (Å²) in [6.45, 7) is 6.25. The Morgan fingerprint density at radius 2 is 1.58 bits per heavy atom. The number of aliphatic imine (C=N–C) groups is 1. The molecule has 1 aromatic carbocycles. The number of carbonyl (C=O) groups excluding carboxylic acids is 2. The molecular weight excluding hydrogens is 608 g/mol. The molecule has 0 radical (unpaired) electrons. The van der Waals surface area contributed by atoms with Gasteiger partial charge in [0.15, 0.2) is 0 Å². The van der Waals surface area contributed by atoms with E-state index < -0.39 is 41.2 Å². The van der Waals surface area contributed by atoms with E-state index in [4.69, 9.17) is 4.74 Å². The number of hydrogen-bond donors (Lipinski definition) is 1. The van der Waals surface area contributed by atoms with E-state index >= 15 is 0 Å². The molecule has 1 N–H and O–H groups in total. The molecule has 1 aromatic heterocycles. The number of piperazine rings is 1. The fourth-order valence-corrected chi connectivity index (χ4v) is 5.58. The van der Waals surface area contributed by atoms with Crippen LogP contribution in [0, 0.1) is 5.92 Å². The van der Waals surface area contributed by atoms with Crippen LogP contribution in [-0.2, 0) is 20.5 Å². The molecule has 0 spiro atoms. The molecule has 0 aliphatic carbocycles. The van der Waals surface area contributed by atoms with E-state index in [1.165, 1.54) is 12.4 Å². The Labute approximate surface area is 254 Å². The molecule has 2 saturated heterocycles. The lowest BCUT2D eigenvalue weighted by Gasteiger charge is -2.44. The molecule has 3 atom stereocenters. The number of anilines is 3. The van der Waals surface area contributed by atoms with Gasteiger partial charge in [-0.3, -0.25) is 14.5 Å². The maximum absolute atomic E-state index is 14.6. The number of benzene rings is 1. The van der Waals surface area contributed by atoms with Crippen molar-refractivity contribution in [2.45, 2.75) is 38.3 Å². The highest BCUT2D eigenvalue weighted by Crippen LogP contribution is 2.44. The van der Waals surface area contributed by atoms with Gasteiger partial charge >= 0.3 is 12.4 Å². The predicted octanol–water partition coefficient (Wildman–Crippen LogP) is 4.18. The second-order valence-electron chi connectivity index (χ2n) is 11.2. The third kappa shape index (κ3) is 6.96. The molecule has 16 heteroatoms. The Bertz CT molecular complexity index is 1490. The highest BCUT2D eigenvalue weighted by atomic mass is 19.4. The summed E-state index contributed by atoms with van der Waals surface area (Å²) in [6.07, 6.45) is -6.58. The van der Waals surface area contributed by atoms with E-state index in [9.17, 15) is 35.9 Å². The van der Waals surface area contributed by atoms with Crippen molar-refractivity contribution in [2.24, 2.45) is 10.9 Å². The van der Waals surface area contributed by atoms with Crippen LogP contribution in [0.5, 0.6) is 0 Å². The van der Waals surface area contributed by atoms with Crippen LogP contribution >= 0.6 is 0 Å². The van der Waals surface area contributed by atoms with Gasteiger partial charge in [0.2, 0.25) is 11.9 Å². The molecule has 2 aromatic rings. The number of halogens is 6. The molecule has 242 valence electrons. The Balaban J connectivity index is 1.60. The number of nitrogens with zero attached hydrogens (tertiary/aromatic N) is 6. The second-order valence-corrected chi connectivity index (χ2v) is 11.2. The van der Waals surface area contributed by atoms with Gasteiger partial charge in [-0.05, 0) is 38.6 Å². The molecule has 2 amide bonds. The van der Waals surface area contributed by atoms with Crippen LogP contribution in [0.15, 0.2) is 41.2 Å². The molecule has 45 heavy (non-hydrogen) atoms. The van der Waals surface area contributed by atoms with Crippen molar-refractivity contribution in [3.8, 4) is 11.1 Å². The number of dihydropyridines is 1. The highest BCUT2D eigenvalue weighted by molar-refractivity contribution is 6.11. The van der Waals surface area contributed by atoms with Crippen LogP contribution < -0.4 is 15.1 Å². The first-order valence-corrected chi connectivity index (χ1v) is 14.2. The normalized spacial score (nSPS) is 23.3. The summed E-state index contributed by atoms with van der Waals surface area (Å²) in [5.74, 6) is -4.08. The first-order chi connectivity index (χ1) is 21.1. The van der Waals surface area contributed by atoms with Gasteiger partial charge in [-0.25, -0.2) is 15.0 Å². The number of alkyl halides is 6. The Hall–Kier alpha value is -4.05. The number of rotatable bonds is 5. The first-order valence-electron chi connectivity index (χ1n) is 14.2. The minimum absolute atomic E-state index is 0.0119. The number of hydrogen-bond acceptors (Lipinski definition) is 8. The summed E-state index contributed by atoms with van der Waals surface area (Å²) in [4.78, 5) is 42.4. The van der Waals surface area contributed by atoms with Crippen molar-refractivity contribution in [2.75, 3.05) is 61.6 Å². The van der Waals surface area contributed by atoms with Crippen molar-refractivity contribution in [1.82, 2.24) is 14.9 Å². The third-order valence-electron chi connectivity index (χ3n) is 8.22. The number of aromatic nitrogens is 2. The number of morpholine rings is 1. The lowest BCUT2D eigenvalue weighted by Crippen LogP contribution is -2.55. The molecule has 0 bridgehead atoms. The smallest absolute Gasteiger partial charge is 0.378 e. The summed E-state index contributed by atoms with van der Waals surface area (Å²) in [7, 11) is 1.88. The van der Waals surface area contributed by atoms with E-state index in [1.807, 2.05) is 25.8 Å². The van der Waals surface area contributed by atoms with Crippen LogP contribution in [0.4, 0.5) is 43.7 Å². The van der Waals surface area contributed by atoms with E-state index in [2.05, 4.69) is 25.2 Å². The summed E-state index contributed by atoms with van der Waals surface area (Å²) >= 11 is 0. The topological polar surface area (TPSA) is 103 Å². The average Bonchev–Trinajstić information content (AvgIpc) is 2.99. The predicted molar refractivity (Wildman–Crippen MR) is 154 cm³/mol. The summed E-state index contributed by atoms with van der Waals surface area (Å²) < 4.78 is 90.5. The second kappa shape index (κ2) is 12.4. The maximum atomic E-state index is 14.6. The zero-order chi connectivity index (χ0) is 32.7. The summed E-state index contributed by atoms with van der Waals surface area (Å²) in [5.41, 5.74) is -3.00. The third-order valence-corrected chi connectivity index (χ3v) is 8.22. The van der Waals surface area contributed by atoms with Gasteiger partial charge in [-0.1, -0.05) is 0 Å². The molecule has 10 nitrogen and oxygen atoms in total. The zero-order valence-electron chi connectivity index (χ0n) is 24.6. The van der Waals surface area contributed by atoms with Crippen LogP contribution in [-0.4, -0.2) is 97.6 Å². The van der Waals surface area contributed by atoms with Gasteiger partial charge < -0.3 is 19.9 Å². The van der Waals surface area contributed by atoms with Crippen molar-refractivity contribution in [3.05, 3.63) is 41.7 Å². The SMILES string of the molecule is C[C@@H]1CN(c2cc(C(F)(F)F)c(-c3cnc(N4CCOCC4)nc3)cc2NC(=O)C2C=NC(=O)C=C2C(F)(F)F)C[C@H](C)N1C. The van der Waals surface area contributed by atoms with Gasteiger partial charge in [-0.15, -0.1) is 0 Å². The van der Waals surface area contributed by atoms with Crippen molar-refractivity contribution in [1.29, 1.82) is 0 Å². The number of amides is 2. The van der Waals surface area contributed by atoms with Gasteiger partial charge in [0.25, 0.3) is 5.91 Å². The monoisotopic (exact) mass is 639 g/mol. The standard InChI is InChI=1S/C29H31F6N7O3/c1-16-14-42(15-17(2)40(16)3)24-9-21(28(30,31)32)19(18-11-37-27(38-12-18)41-4-6-45-7-5-41)8-23(24)39-26(44)20-13-36-25(43)10-22(20)29(33,34)35/h8-13,16-17,20H,4-7,14-15H2,1-3H3,(H,39,44)/t16-,17+,20?. The molecule has 1 unspecified atom stereocenters. The molecule has 4 heterocycles. The lowest BCUT2D eigenvalue weighted by atomic mass is 9.95. The molecule has 0 saturated carbocycles. The Kier molecular flexibility index (Phi) is 8.90. The van der Waals surface area contributed by atoms with Crippen LogP contribution in [0.1, 0.15) is 19.4 Å². The fraction of sp³-hybridized carbons (Fsp3) is 0.483. The zero-order valence-corrected chi connectivity index (χ0v) is 24.6. The van der Waals surface area contributed by atoms with Gasteiger partial charge in [-0.2, -0.15) is 26.3 Å². The van der Waals surface area contributed by atoms with Crippen molar-refractivity contribution < 1.29 is 40.7 Å². The maximum Gasteiger partial charge on any atom is 0.417 e. The number of nitrogens with one attached hydrogen (secondary N) is 1. The Morgan fingerprint density at radius 1 is 0.956 bits per heavy atom. The molecular formula is C29H31F6N7O3.